The van der Waals surface area contributed by atoms with E-state index in [1.165, 1.54) is 36.4 Å². The van der Waals surface area contributed by atoms with Crippen LogP contribution in [0.5, 0.6) is 5.75 Å². The smallest absolute Gasteiger partial charge is 0.280 e. The molecule has 0 saturated heterocycles. The normalized spacial score (nSPS) is 13.2. The Kier molecular flexibility index (Phi) is 3.63. The molecule has 0 unspecified atom stereocenters. The molecule has 0 radical (unpaired) electrons. The van der Waals surface area contributed by atoms with Gasteiger partial charge >= 0.3 is 0 Å². The zero-order valence-corrected chi connectivity index (χ0v) is 13.9. The van der Waals surface area contributed by atoms with Crippen molar-refractivity contribution in [3.63, 3.8) is 0 Å². The SMILES string of the molecule is O=C(NN1C(=O)c2cccc3c(O)ccc(c23)C1=O)c1ccc(Cl)cc1. The van der Waals surface area contributed by atoms with E-state index < -0.39 is 17.7 Å². The third kappa shape index (κ3) is 2.39. The summed E-state index contributed by atoms with van der Waals surface area (Å²) in [6, 6.07) is 13.6. The summed E-state index contributed by atoms with van der Waals surface area (Å²) in [6.07, 6.45) is 0. The predicted molar refractivity (Wildman–Crippen MR) is 95.0 cm³/mol. The van der Waals surface area contributed by atoms with Crippen molar-refractivity contribution >= 4 is 40.1 Å². The second-order valence-corrected chi connectivity index (χ2v) is 6.19. The number of halogens is 1. The molecule has 0 bridgehead atoms. The first-order valence-electron chi connectivity index (χ1n) is 7.67. The fourth-order valence-corrected chi connectivity index (χ4v) is 3.08. The van der Waals surface area contributed by atoms with E-state index in [4.69, 9.17) is 11.6 Å². The minimum Gasteiger partial charge on any atom is -0.507 e. The Morgan fingerprint density at radius 2 is 1.58 bits per heavy atom. The number of rotatable bonds is 2. The predicted octanol–water partition coefficient (Wildman–Crippen LogP) is 3.14. The number of aromatic hydroxyl groups is 1. The minimum absolute atomic E-state index is 0.0233. The van der Waals surface area contributed by atoms with E-state index in [1.54, 1.807) is 18.2 Å². The molecule has 3 aromatic rings. The van der Waals surface area contributed by atoms with Crippen LogP contribution in [0, 0.1) is 0 Å². The van der Waals surface area contributed by atoms with Crippen molar-refractivity contribution in [2.45, 2.75) is 0 Å². The van der Waals surface area contributed by atoms with E-state index in [0.29, 0.717) is 20.8 Å². The van der Waals surface area contributed by atoms with Gasteiger partial charge in [0.05, 0.1) is 11.1 Å². The highest BCUT2D eigenvalue weighted by atomic mass is 35.5. The van der Waals surface area contributed by atoms with Gasteiger partial charge in [0.2, 0.25) is 0 Å². The van der Waals surface area contributed by atoms with Gasteiger partial charge in [0, 0.05) is 21.4 Å². The summed E-state index contributed by atoms with van der Waals surface area (Å²) in [5.41, 5.74) is 3.05. The zero-order chi connectivity index (χ0) is 18.4. The molecule has 3 aromatic carbocycles. The van der Waals surface area contributed by atoms with Crippen molar-refractivity contribution in [1.82, 2.24) is 10.4 Å². The maximum atomic E-state index is 12.7. The van der Waals surface area contributed by atoms with Crippen LogP contribution in [-0.2, 0) is 0 Å². The number of hydrogen-bond donors (Lipinski definition) is 2. The molecule has 2 N–H and O–H groups in total. The molecule has 26 heavy (non-hydrogen) atoms. The summed E-state index contributed by atoms with van der Waals surface area (Å²) < 4.78 is 0. The summed E-state index contributed by atoms with van der Waals surface area (Å²) in [7, 11) is 0. The number of nitrogens with one attached hydrogen (secondary N) is 1. The van der Waals surface area contributed by atoms with E-state index >= 15 is 0 Å². The van der Waals surface area contributed by atoms with E-state index in [2.05, 4.69) is 5.43 Å². The molecule has 0 saturated carbocycles. The molecule has 0 fully saturated rings. The van der Waals surface area contributed by atoms with Crippen LogP contribution in [0.3, 0.4) is 0 Å². The van der Waals surface area contributed by atoms with Gasteiger partial charge in [-0.3, -0.25) is 19.8 Å². The van der Waals surface area contributed by atoms with Crippen molar-refractivity contribution in [2.75, 3.05) is 0 Å². The third-order valence-electron chi connectivity index (χ3n) is 4.20. The Bertz CT molecular complexity index is 1070. The average molecular weight is 367 g/mol. The van der Waals surface area contributed by atoms with Crippen molar-refractivity contribution < 1.29 is 19.5 Å². The molecule has 0 spiro atoms. The number of carbonyl (C=O) groups excluding carboxylic acids is 3. The van der Waals surface area contributed by atoms with Gasteiger partial charge in [0.25, 0.3) is 17.7 Å². The maximum absolute atomic E-state index is 12.7. The summed E-state index contributed by atoms with van der Waals surface area (Å²) in [4.78, 5) is 37.9. The van der Waals surface area contributed by atoms with Crippen molar-refractivity contribution in [3.8, 4) is 5.75 Å². The van der Waals surface area contributed by atoms with Crippen LogP contribution in [0.25, 0.3) is 10.8 Å². The lowest BCUT2D eigenvalue weighted by molar-refractivity contribution is 0.0479. The van der Waals surface area contributed by atoms with Gasteiger partial charge in [0.15, 0.2) is 0 Å². The van der Waals surface area contributed by atoms with E-state index in [9.17, 15) is 19.5 Å². The monoisotopic (exact) mass is 366 g/mol. The Labute approximate surface area is 152 Å². The van der Waals surface area contributed by atoms with Crippen LogP contribution < -0.4 is 5.43 Å². The molecule has 1 heterocycles. The minimum atomic E-state index is -0.666. The largest absolute Gasteiger partial charge is 0.507 e. The molecule has 7 heteroatoms. The van der Waals surface area contributed by atoms with Gasteiger partial charge in [0.1, 0.15) is 5.75 Å². The number of phenols is 1. The second kappa shape index (κ2) is 5.86. The highest BCUT2D eigenvalue weighted by Gasteiger charge is 2.34. The molecule has 0 aliphatic carbocycles. The molecule has 0 atom stereocenters. The number of nitrogens with zero attached hydrogens (tertiary/aromatic N) is 1. The number of benzene rings is 3. The molecule has 0 aromatic heterocycles. The lowest BCUT2D eigenvalue weighted by Gasteiger charge is -2.27. The fraction of sp³-hybridized carbons (Fsp3) is 0. The standard InChI is InChI=1S/C19H11ClN2O4/c20-11-6-4-10(5-7-11)17(24)21-22-18(25)13-3-1-2-12-15(23)9-8-14(16(12)13)19(22)26/h1-9,23H,(H,21,24). The molecule has 1 aliphatic rings. The van der Waals surface area contributed by atoms with Crippen LogP contribution in [0.1, 0.15) is 31.1 Å². The number of imide groups is 1. The second-order valence-electron chi connectivity index (χ2n) is 5.75. The number of hydrogen-bond acceptors (Lipinski definition) is 4. The van der Waals surface area contributed by atoms with E-state index in [1.807, 2.05) is 0 Å². The molecule has 6 nitrogen and oxygen atoms in total. The van der Waals surface area contributed by atoms with Crippen molar-refractivity contribution in [3.05, 3.63) is 76.3 Å². The molecular weight excluding hydrogens is 356 g/mol. The third-order valence-corrected chi connectivity index (χ3v) is 4.46. The van der Waals surface area contributed by atoms with Crippen molar-refractivity contribution in [2.24, 2.45) is 0 Å². The summed E-state index contributed by atoms with van der Waals surface area (Å²) in [5.74, 6) is -1.97. The highest BCUT2D eigenvalue weighted by molar-refractivity contribution is 6.30. The van der Waals surface area contributed by atoms with Crippen LogP contribution >= 0.6 is 11.6 Å². The van der Waals surface area contributed by atoms with Gasteiger partial charge in [-0.25, -0.2) is 0 Å². The number of carbonyl (C=O) groups is 3. The first kappa shape index (κ1) is 16.1. The zero-order valence-electron chi connectivity index (χ0n) is 13.2. The summed E-state index contributed by atoms with van der Waals surface area (Å²) >= 11 is 5.80. The Morgan fingerprint density at radius 1 is 0.923 bits per heavy atom. The lowest BCUT2D eigenvalue weighted by Crippen LogP contribution is -2.51. The number of amides is 3. The van der Waals surface area contributed by atoms with E-state index in [-0.39, 0.29) is 22.4 Å². The van der Waals surface area contributed by atoms with Crippen LogP contribution in [0.2, 0.25) is 5.02 Å². The topological polar surface area (TPSA) is 86.7 Å². The fourth-order valence-electron chi connectivity index (χ4n) is 2.95. The first-order valence-corrected chi connectivity index (χ1v) is 8.05. The highest BCUT2D eigenvalue weighted by Crippen LogP contribution is 2.34. The molecule has 128 valence electrons. The summed E-state index contributed by atoms with van der Waals surface area (Å²) in [5, 5.41) is 11.9. The molecule has 4 rings (SSSR count). The van der Waals surface area contributed by atoms with Gasteiger partial charge < -0.3 is 5.11 Å². The number of hydrazine groups is 1. The molecular formula is C19H11ClN2O4. The van der Waals surface area contributed by atoms with Gasteiger partial charge in [-0.2, -0.15) is 5.01 Å². The first-order chi connectivity index (χ1) is 12.5. The summed E-state index contributed by atoms with van der Waals surface area (Å²) in [6.45, 7) is 0. The van der Waals surface area contributed by atoms with Crippen LogP contribution in [-0.4, -0.2) is 27.8 Å². The van der Waals surface area contributed by atoms with E-state index in [0.717, 1.165) is 0 Å². The lowest BCUT2D eigenvalue weighted by atomic mass is 9.94. The van der Waals surface area contributed by atoms with Crippen LogP contribution in [0.4, 0.5) is 0 Å². The van der Waals surface area contributed by atoms with Gasteiger partial charge in [-0.15, -0.1) is 0 Å². The number of phenolic OH excluding ortho intramolecular Hbond substituents is 1. The Morgan fingerprint density at radius 3 is 2.27 bits per heavy atom. The maximum Gasteiger partial charge on any atom is 0.280 e. The Balaban J connectivity index is 1.75. The quantitative estimate of drug-likeness (QED) is 0.682. The van der Waals surface area contributed by atoms with Crippen molar-refractivity contribution in [1.29, 1.82) is 0 Å². The van der Waals surface area contributed by atoms with Crippen LogP contribution in [0.15, 0.2) is 54.6 Å². The average Bonchev–Trinajstić information content (AvgIpc) is 2.64. The Hall–Kier alpha value is -3.38. The van der Waals surface area contributed by atoms with Gasteiger partial charge in [-0.05, 0) is 42.5 Å². The molecule has 1 aliphatic heterocycles. The van der Waals surface area contributed by atoms with Gasteiger partial charge in [-0.1, -0.05) is 23.7 Å². The molecule has 3 amide bonds.